The van der Waals surface area contributed by atoms with Crippen LogP contribution in [0, 0.1) is 0 Å². The fourth-order valence-corrected chi connectivity index (χ4v) is 1.90. The molecule has 0 atom stereocenters. The van der Waals surface area contributed by atoms with Crippen molar-refractivity contribution in [3.05, 3.63) is 47.4 Å². The number of para-hydroxylation sites is 1. The second-order valence-electron chi connectivity index (χ2n) is 4.24. The fraction of sp³-hybridized carbons (Fsp3) is 0.200. The monoisotopic (exact) mass is 305 g/mol. The van der Waals surface area contributed by atoms with Crippen LogP contribution in [0.2, 0.25) is 0 Å². The average molecular weight is 305 g/mol. The number of esters is 1. The minimum absolute atomic E-state index is 0.0852. The molecule has 1 aromatic carbocycles. The van der Waals surface area contributed by atoms with Crippen LogP contribution in [0.25, 0.3) is 0 Å². The highest BCUT2D eigenvalue weighted by Crippen LogP contribution is 2.31. The lowest BCUT2D eigenvalue weighted by Crippen LogP contribution is -2.14. The van der Waals surface area contributed by atoms with E-state index in [0.29, 0.717) is 5.75 Å². The van der Waals surface area contributed by atoms with Gasteiger partial charge in [0.25, 0.3) is 5.91 Å². The third kappa shape index (κ3) is 3.03. The first-order chi connectivity index (χ1) is 10.6. The van der Waals surface area contributed by atoms with Gasteiger partial charge in [-0.3, -0.25) is 4.79 Å². The molecule has 0 saturated carbocycles. The number of furan rings is 1. The van der Waals surface area contributed by atoms with Crippen LogP contribution in [0.5, 0.6) is 11.5 Å². The largest absolute Gasteiger partial charge is 0.493 e. The molecule has 1 aromatic heterocycles. The summed E-state index contributed by atoms with van der Waals surface area (Å²) >= 11 is 0. The molecule has 1 amide bonds. The Morgan fingerprint density at radius 2 is 1.95 bits per heavy atom. The lowest BCUT2D eigenvalue weighted by Gasteiger charge is -2.13. The zero-order valence-corrected chi connectivity index (χ0v) is 12.1. The van der Waals surface area contributed by atoms with Gasteiger partial charge in [-0.2, -0.15) is 0 Å². The van der Waals surface area contributed by atoms with Gasteiger partial charge in [0.05, 0.1) is 26.0 Å². The van der Waals surface area contributed by atoms with Gasteiger partial charge < -0.3 is 24.4 Å². The lowest BCUT2D eigenvalue weighted by atomic mass is 10.1. The second kappa shape index (κ2) is 6.66. The summed E-state index contributed by atoms with van der Waals surface area (Å²) in [6.07, 6.45) is 1.35. The molecule has 2 N–H and O–H groups in total. The predicted octanol–water partition coefficient (Wildman–Crippen LogP) is 1.75. The van der Waals surface area contributed by atoms with Gasteiger partial charge in [0, 0.05) is 0 Å². The number of rotatable bonds is 6. The van der Waals surface area contributed by atoms with Gasteiger partial charge in [0.2, 0.25) is 0 Å². The maximum Gasteiger partial charge on any atom is 0.341 e. The number of nitrogens with two attached hydrogens (primary N) is 1. The minimum Gasteiger partial charge on any atom is -0.493 e. The molecule has 0 aliphatic carbocycles. The van der Waals surface area contributed by atoms with E-state index in [1.165, 1.54) is 32.6 Å². The molecule has 0 unspecified atom stereocenters. The zero-order valence-electron chi connectivity index (χ0n) is 12.1. The second-order valence-corrected chi connectivity index (χ2v) is 4.24. The van der Waals surface area contributed by atoms with Gasteiger partial charge in [0.15, 0.2) is 17.3 Å². The molecular weight excluding hydrogens is 290 g/mol. The summed E-state index contributed by atoms with van der Waals surface area (Å²) in [5.74, 6) is -0.385. The summed E-state index contributed by atoms with van der Waals surface area (Å²) in [6.45, 7) is -0.0852. The molecule has 2 aromatic rings. The Bertz CT molecular complexity index is 691. The number of methoxy groups -OCH3 is 2. The van der Waals surface area contributed by atoms with E-state index >= 15 is 0 Å². The normalized spacial score (nSPS) is 10.1. The predicted molar refractivity (Wildman–Crippen MR) is 75.9 cm³/mol. The number of benzene rings is 1. The van der Waals surface area contributed by atoms with Crippen molar-refractivity contribution in [3.8, 4) is 11.5 Å². The van der Waals surface area contributed by atoms with Crippen molar-refractivity contribution in [2.75, 3.05) is 14.2 Å². The smallest absolute Gasteiger partial charge is 0.341 e. The van der Waals surface area contributed by atoms with Crippen LogP contribution in [0.1, 0.15) is 26.5 Å². The SMILES string of the molecule is COC(=O)c1ccoc1COc1c(OC)cccc1C(N)=O. The van der Waals surface area contributed by atoms with Crippen LogP contribution in [-0.4, -0.2) is 26.1 Å². The maximum absolute atomic E-state index is 11.6. The van der Waals surface area contributed by atoms with Gasteiger partial charge in [-0.25, -0.2) is 4.79 Å². The van der Waals surface area contributed by atoms with Crippen molar-refractivity contribution in [1.82, 2.24) is 0 Å². The molecule has 116 valence electrons. The van der Waals surface area contributed by atoms with Crippen LogP contribution in [0.3, 0.4) is 0 Å². The van der Waals surface area contributed by atoms with E-state index in [1.807, 2.05) is 0 Å². The number of carbonyl (C=O) groups excluding carboxylic acids is 2. The van der Waals surface area contributed by atoms with E-state index in [-0.39, 0.29) is 29.2 Å². The third-order valence-electron chi connectivity index (χ3n) is 2.96. The molecule has 0 aliphatic heterocycles. The van der Waals surface area contributed by atoms with E-state index in [1.54, 1.807) is 12.1 Å². The van der Waals surface area contributed by atoms with Crippen LogP contribution in [0.15, 0.2) is 34.9 Å². The molecule has 0 aliphatic rings. The van der Waals surface area contributed by atoms with E-state index in [2.05, 4.69) is 4.74 Å². The number of amides is 1. The summed E-state index contributed by atoms with van der Waals surface area (Å²) in [7, 11) is 2.71. The van der Waals surface area contributed by atoms with Crippen LogP contribution < -0.4 is 15.2 Å². The standard InChI is InChI=1S/C15H15NO6/c1-19-11-5-3-4-10(14(16)17)13(11)22-8-12-9(6-7-21-12)15(18)20-2/h3-7H,8H2,1-2H3,(H2,16,17). The summed E-state index contributed by atoms with van der Waals surface area (Å²) in [5, 5.41) is 0. The number of primary amides is 1. The highest BCUT2D eigenvalue weighted by atomic mass is 16.5. The lowest BCUT2D eigenvalue weighted by molar-refractivity contribution is 0.0595. The van der Waals surface area contributed by atoms with Gasteiger partial charge in [-0.15, -0.1) is 0 Å². The van der Waals surface area contributed by atoms with Crippen molar-refractivity contribution >= 4 is 11.9 Å². The molecular formula is C15H15NO6. The van der Waals surface area contributed by atoms with E-state index < -0.39 is 11.9 Å². The Labute approximate surface area is 126 Å². The molecule has 22 heavy (non-hydrogen) atoms. The zero-order chi connectivity index (χ0) is 16.1. The highest BCUT2D eigenvalue weighted by Gasteiger charge is 2.19. The molecule has 1 heterocycles. The molecule has 0 fully saturated rings. The Balaban J connectivity index is 2.27. The Morgan fingerprint density at radius 1 is 1.18 bits per heavy atom. The van der Waals surface area contributed by atoms with Gasteiger partial charge in [-0.1, -0.05) is 6.07 Å². The van der Waals surface area contributed by atoms with Crippen LogP contribution >= 0.6 is 0 Å². The van der Waals surface area contributed by atoms with Crippen LogP contribution in [-0.2, 0) is 11.3 Å². The van der Waals surface area contributed by atoms with Crippen molar-refractivity contribution < 1.29 is 28.2 Å². The molecule has 0 bridgehead atoms. The summed E-state index contributed by atoms with van der Waals surface area (Å²) in [6, 6.07) is 6.25. The van der Waals surface area contributed by atoms with Gasteiger partial charge >= 0.3 is 5.97 Å². The Hall–Kier alpha value is -2.96. The highest BCUT2D eigenvalue weighted by molar-refractivity contribution is 5.96. The third-order valence-corrected chi connectivity index (χ3v) is 2.96. The topological polar surface area (TPSA) is 101 Å². The maximum atomic E-state index is 11.6. The molecule has 2 rings (SSSR count). The minimum atomic E-state index is -0.651. The van der Waals surface area contributed by atoms with E-state index in [4.69, 9.17) is 19.6 Å². The van der Waals surface area contributed by atoms with Crippen molar-refractivity contribution in [2.24, 2.45) is 5.73 Å². The molecule has 7 heteroatoms. The fourth-order valence-electron chi connectivity index (χ4n) is 1.90. The molecule has 0 spiro atoms. The summed E-state index contributed by atoms with van der Waals surface area (Å²) < 4.78 is 20.6. The Morgan fingerprint density at radius 3 is 2.59 bits per heavy atom. The quantitative estimate of drug-likeness (QED) is 0.816. The van der Waals surface area contributed by atoms with E-state index in [0.717, 1.165) is 0 Å². The summed E-state index contributed by atoms with van der Waals surface area (Å²) in [5.41, 5.74) is 5.73. The number of hydrogen-bond donors (Lipinski definition) is 1. The molecule has 0 radical (unpaired) electrons. The number of ether oxygens (including phenoxy) is 3. The van der Waals surface area contributed by atoms with Gasteiger partial charge in [-0.05, 0) is 18.2 Å². The molecule has 7 nitrogen and oxygen atoms in total. The number of hydrogen-bond acceptors (Lipinski definition) is 6. The van der Waals surface area contributed by atoms with Crippen LogP contribution in [0.4, 0.5) is 0 Å². The van der Waals surface area contributed by atoms with E-state index in [9.17, 15) is 9.59 Å². The first-order valence-electron chi connectivity index (χ1n) is 6.32. The Kier molecular flexibility index (Phi) is 4.67. The van der Waals surface area contributed by atoms with Crippen molar-refractivity contribution in [1.29, 1.82) is 0 Å². The first kappa shape index (κ1) is 15.4. The average Bonchev–Trinajstić information content (AvgIpc) is 3.00. The number of carbonyl (C=O) groups is 2. The first-order valence-corrected chi connectivity index (χ1v) is 6.32. The van der Waals surface area contributed by atoms with Gasteiger partial charge in [0.1, 0.15) is 12.2 Å². The summed E-state index contributed by atoms with van der Waals surface area (Å²) in [4.78, 5) is 23.0. The van der Waals surface area contributed by atoms with Crippen molar-refractivity contribution in [2.45, 2.75) is 6.61 Å². The molecule has 0 saturated heterocycles. The van der Waals surface area contributed by atoms with Crippen molar-refractivity contribution in [3.63, 3.8) is 0 Å².